The van der Waals surface area contributed by atoms with Crippen molar-refractivity contribution in [3.63, 3.8) is 0 Å². The van der Waals surface area contributed by atoms with E-state index in [-0.39, 0.29) is 17.0 Å². The molecule has 4 heteroatoms. The quantitative estimate of drug-likeness (QED) is 0.864. The van der Waals surface area contributed by atoms with E-state index in [1.54, 1.807) is 0 Å². The molecule has 3 nitrogen and oxygen atoms in total. The summed E-state index contributed by atoms with van der Waals surface area (Å²) in [4.78, 5) is 0. The second kappa shape index (κ2) is 4.78. The third-order valence-corrected chi connectivity index (χ3v) is 5.82. The summed E-state index contributed by atoms with van der Waals surface area (Å²) in [7, 11) is -2.95. The molecule has 0 spiro atoms. The normalized spacial score (nSPS) is 27.9. The molecule has 94 valence electrons. The van der Waals surface area contributed by atoms with E-state index in [1.807, 2.05) is 38.1 Å². The van der Waals surface area contributed by atoms with Crippen LogP contribution < -0.4 is 5.32 Å². The molecule has 0 aromatic heterocycles. The lowest BCUT2D eigenvalue weighted by atomic mass is 10.0. The highest BCUT2D eigenvalue weighted by Gasteiger charge is 2.34. The molecule has 1 N–H and O–H groups in total. The van der Waals surface area contributed by atoms with Gasteiger partial charge in [-0.05, 0) is 31.4 Å². The smallest absolute Gasteiger partial charge is 0.156 e. The Hall–Kier alpha value is -0.870. The molecule has 1 aromatic carbocycles. The molecule has 1 saturated heterocycles. The number of sulfone groups is 1. The Kier molecular flexibility index (Phi) is 3.54. The molecule has 1 aromatic rings. The summed E-state index contributed by atoms with van der Waals surface area (Å²) in [6.45, 7) is 4.57. The highest BCUT2D eigenvalue weighted by Crippen LogP contribution is 2.19. The highest BCUT2D eigenvalue weighted by molar-refractivity contribution is 7.92. The molecule has 1 aliphatic heterocycles. The zero-order chi connectivity index (χ0) is 12.5. The van der Waals surface area contributed by atoms with E-state index in [4.69, 9.17) is 0 Å². The average molecular weight is 253 g/mol. The fraction of sp³-hybridized carbons (Fsp3) is 0.538. The first kappa shape index (κ1) is 12.6. The minimum Gasteiger partial charge on any atom is -0.312 e. The molecular weight excluding hydrogens is 234 g/mol. The van der Waals surface area contributed by atoms with Crippen LogP contribution in [0.15, 0.2) is 24.3 Å². The van der Waals surface area contributed by atoms with Crippen molar-refractivity contribution >= 4 is 9.84 Å². The zero-order valence-electron chi connectivity index (χ0n) is 10.3. The molecule has 0 saturated carbocycles. The van der Waals surface area contributed by atoms with Crippen LogP contribution in [-0.2, 0) is 16.3 Å². The van der Waals surface area contributed by atoms with E-state index >= 15 is 0 Å². The molecule has 0 radical (unpaired) electrons. The minimum absolute atomic E-state index is 0.0355. The van der Waals surface area contributed by atoms with Crippen LogP contribution in [-0.4, -0.2) is 32.0 Å². The summed E-state index contributed by atoms with van der Waals surface area (Å²) in [6, 6.07) is 8.04. The van der Waals surface area contributed by atoms with Crippen molar-refractivity contribution in [2.75, 3.05) is 12.3 Å². The van der Waals surface area contributed by atoms with E-state index in [9.17, 15) is 8.42 Å². The standard InChI is InChI=1S/C13H19NO2S/c1-10-5-3-4-6-12(10)9-13-11(2)14-7-8-17(13,15)16/h3-6,11,13-14H,7-9H2,1-2H3. The van der Waals surface area contributed by atoms with E-state index in [2.05, 4.69) is 5.32 Å². The summed E-state index contributed by atoms with van der Waals surface area (Å²) in [5.74, 6) is 0.258. The number of aryl methyl sites for hydroxylation is 1. The Balaban J connectivity index is 2.25. The van der Waals surface area contributed by atoms with Crippen LogP contribution in [0.4, 0.5) is 0 Å². The predicted molar refractivity (Wildman–Crippen MR) is 69.9 cm³/mol. The van der Waals surface area contributed by atoms with Crippen LogP contribution in [0.5, 0.6) is 0 Å². The summed E-state index contributed by atoms with van der Waals surface area (Å²) >= 11 is 0. The van der Waals surface area contributed by atoms with Gasteiger partial charge in [0.1, 0.15) is 0 Å². The lowest BCUT2D eigenvalue weighted by molar-refractivity contribution is 0.477. The number of rotatable bonds is 2. The molecule has 1 aliphatic rings. The van der Waals surface area contributed by atoms with Gasteiger partial charge in [-0.15, -0.1) is 0 Å². The van der Waals surface area contributed by atoms with Crippen LogP contribution in [0, 0.1) is 6.92 Å². The third kappa shape index (κ3) is 2.69. The van der Waals surface area contributed by atoms with E-state index in [0.29, 0.717) is 13.0 Å². The maximum Gasteiger partial charge on any atom is 0.156 e. The van der Waals surface area contributed by atoms with Gasteiger partial charge in [-0.2, -0.15) is 0 Å². The average Bonchev–Trinajstić information content (AvgIpc) is 2.25. The van der Waals surface area contributed by atoms with Gasteiger partial charge in [-0.25, -0.2) is 8.42 Å². The molecule has 2 unspecified atom stereocenters. The minimum atomic E-state index is -2.95. The van der Waals surface area contributed by atoms with Gasteiger partial charge in [0.15, 0.2) is 9.84 Å². The van der Waals surface area contributed by atoms with Gasteiger partial charge < -0.3 is 5.32 Å². The fourth-order valence-corrected chi connectivity index (χ4v) is 4.24. The SMILES string of the molecule is Cc1ccccc1CC1C(C)NCCS1(=O)=O. The second-order valence-corrected chi connectivity index (χ2v) is 7.12. The first-order valence-electron chi connectivity index (χ1n) is 6.00. The van der Waals surface area contributed by atoms with Gasteiger partial charge in [0.05, 0.1) is 11.0 Å². The second-order valence-electron chi connectivity index (χ2n) is 4.78. The van der Waals surface area contributed by atoms with Gasteiger partial charge in [0.2, 0.25) is 0 Å². The lowest BCUT2D eigenvalue weighted by Crippen LogP contribution is -2.51. The number of benzene rings is 1. The molecule has 1 fully saturated rings. The zero-order valence-corrected chi connectivity index (χ0v) is 11.1. The van der Waals surface area contributed by atoms with Gasteiger partial charge >= 0.3 is 0 Å². The van der Waals surface area contributed by atoms with Gasteiger partial charge in [0, 0.05) is 12.6 Å². The maximum absolute atomic E-state index is 12.1. The summed E-state index contributed by atoms with van der Waals surface area (Å²) in [5.41, 5.74) is 2.30. The van der Waals surface area contributed by atoms with Crippen molar-refractivity contribution < 1.29 is 8.42 Å². The molecule has 0 amide bonds. The van der Waals surface area contributed by atoms with Gasteiger partial charge in [-0.1, -0.05) is 24.3 Å². The summed E-state index contributed by atoms with van der Waals surface area (Å²) in [6.07, 6.45) is 0.614. The van der Waals surface area contributed by atoms with Crippen LogP contribution in [0.1, 0.15) is 18.1 Å². The third-order valence-electron chi connectivity index (χ3n) is 3.55. The molecular formula is C13H19NO2S. The monoisotopic (exact) mass is 253 g/mol. The molecule has 2 atom stereocenters. The van der Waals surface area contributed by atoms with E-state index in [0.717, 1.165) is 5.56 Å². The first-order chi connectivity index (χ1) is 8.00. The Labute approximate surface area is 103 Å². The lowest BCUT2D eigenvalue weighted by Gasteiger charge is -2.30. The van der Waals surface area contributed by atoms with Crippen LogP contribution in [0.2, 0.25) is 0 Å². The Bertz CT molecular complexity index is 496. The summed E-state index contributed by atoms with van der Waals surface area (Å²) < 4.78 is 24.1. The first-order valence-corrected chi connectivity index (χ1v) is 7.72. The van der Waals surface area contributed by atoms with Gasteiger partial charge in [-0.3, -0.25) is 0 Å². The van der Waals surface area contributed by atoms with Crippen LogP contribution in [0.25, 0.3) is 0 Å². The van der Waals surface area contributed by atoms with Crippen molar-refractivity contribution in [2.45, 2.75) is 31.6 Å². The molecule has 0 aliphatic carbocycles. The molecule has 1 heterocycles. The van der Waals surface area contributed by atoms with Crippen molar-refractivity contribution in [1.82, 2.24) is 5.32 Å². The Morgan fingerprint density at radius 3 is 2.71 bits per heavy atom. The van der Waals surface area contributed by atoms with Crippen molar-refractivity contribution in [1.29, 1.82) is 0 Å². The molecule has 2 rings (SSSR count). The number of hydrogen-bond acceptors (Lipinski definition) is 3. The van der Waals surface area contributed by atoms with E-state index in [1.165, 1.54) is 5.56 Å². The Morgan fingerprint density at radius 1 is 1.35 bits per heavy atom. The van der Waals surface area contributed by atoms with Crippen molar-refractivity contribution in [2.24, 2.45) is 0 Å². The number of hydrogen-bond donors (Lipinski definition) is 1. The van der Waals surface area contributed by atoms with Crippen LogP contribution in [0.3, 0.4) is 0 Å². The Morgan fingerprint density at radius 2 is 2.06 bits per heavy atom. The topological polar surface area (TPSA) is 46.2 Å². The fourth-order valence-electron chi connectivity index (χ4n) is 2.38. The van der Waals surface area contributed by atoms with Gasteiger partial charge in [0.25, 0.3) is 0 Å². The summed E-state index contributed by atoms with van der Waals surface area (Å²) in [5, 5.41) is 2.95. The largest absolute Gasteiger partial charge is 0.312 e. The molecule has 17 heavy (non-hydrogen) atoms. The van der Waals surface area contributed by atoms with Crippen molar-refractivity contribution in [3.05, 3.63) is 35.4 Å². The highest BCUT2D eigenvalue weighted by atomic mass is 32.2. The number of nitrogens with one attached hydrogen (secondary N) is 1. The van der Waals surface area contributed by atoms with Crippen LogP contribution >= 0.6 is 0 Å². The molecule has 0 bridgehead atoms. The van der Waals surface area contributed by atoms with Crippen molar-refractivity contribution in [3.8, 4) is 0 Å². The van der Waals surface area contributed by atoms with E-state index < -0.39 is 9.84 Å². The maximum atomic E-state index is 12.1. The predicted octanol–water partition coefficient (Wildman–Crippen LogP) is 1.31.